The number of rotatable bonds is 6. The van der Waals surface area contributed by atoms with Crippen LogP contribution in [0.3, 0.4) is 0 Å². The molecule has 0 amide bonds. The first-order valence-electron chi connectivity index (χ1n) is 7.96. The van der Waals surface area contributed by atoms with Crippen LogP contribution in [0.2, 0.25) is 0 Å². The third-order valence-electron chi connectivity index (χ3n) is 4.09. The van der Waals surface area contributed by atoms with E-state index in [2.05, 4.69) is 38.3 Å². The summed E-state index contributed by atoms with van der Waals surface area (Å²) < 4.78 is 4.11. The molecule has 0 spiro atoms. The highest BCUT2D eigenvalue weighted by Crippen LogP contribution is 2.21. The van der Waals surface area contributed by atoms with Crippen molar-refractivity contribution in [2.24, 2.45) is 0 Å². The molecule has 0 radical (unpaired) electrons. The third-order valence-corrected chi connectivity index (χ3v) is 4.09. The number of hydrogen-bond donors (Lipinski definition) is 1. The highest BCUT2D eigenvalue weighted by atomic mass is 15.4. The SMILES string of the molecule is Cc1cn(CCCn2ccnn2)c(NC2CCCCC2)n1. The lowest BCUT2D eigenvalue weighted by Gasteiger charge is -2.23. The van der Waals surface area contributed by atoms with Crippen LogP contribution in [0.25, 0.3) is 0 Å². The Bertz CT molecular complexity index is 539. The maximum atomic E-state index is 4.64. The normalized spacial score (nSPS) is 16.2. The summed E-state index contributed by atoms with van der Waals surface area (Å²) in [6, 6.07) is 0.592. The van der Waals surface area contributed by atoms with Crippen LogP contribution in [0.4, 0.5) is 5.95 Å². The van der Waals surface area contributed by atoms with E-state index in [0.717, 1.165) is 31.2 Å². The predicted octanol–water partition coefficient (Wildman–Crippen LogP) is 2.62. The molecule has 0 atom stereocenters. The van der Waals surface area contributed by atoms with Crippen LogP contribution in [0, 0.1) is 6.92 Å². The van der Waals surface area contributed by atoms with E-state index < -0.39 is 0 Å². The number of hydrogen-bond acceptors (Lipinski definition) is 4. The Morgan fingerprint density at radius 3 is 2.86 bits per heavy atom. The molecule has 6 heteroatoms. The van der Waals surface area contributed by atoms with Crippen molar-refractivity contribution in [2.75, 3.05) is 5.32 Å². The second-order valence-electron chi connectivity index (χ2n) is 5.90. The molecule has 0 unspecified atom stereocenters. The van der Waals surface area contributed by atoms with E-state index in [1.165, 1.54) is 32.1 Å². The smallest absolute Gasteiger partial charge is 0.203 e. The van der Waals surface area contributed by atoms with Crippen molar-refractivity contribution in [1.29, 1.82) is 0 Å². The van der Waals surface area contributed by atoms with Crippen molar-refractivity contribution < 1.29 is 0 Å². The summed E-state index contributed by atoms with van der Waals surface area (Å²) >= 11 is 0. The largest absolute Gasteiger partial charge is 0.353 e. The Morgan fingerprint density at radius 1 is 1.24 bits per heavy atom. The first-order chi connectivity index (χ1) is 10.3. The molecule has 1 aliphatic rings. The van der Waals surface area contributed by atoms with Gasteiger partial charge in [0.25, 0.3) is 0 Å². The summed E-state index contributed by atoms with van der Waals surface area (Å²) in [5, 5.41) is 11.5. The lowest BCUT2D eigenvalue weighted by Crippen LogP contribution is -2.24. The molecule has 1 aliphatic carbocycles. The minimum Gasteiger partial charge on any atom is -0.353 e. The summed E-state index contributed by atoms with van der Waals surface area (Å²) in [4.78, 5) is 4.64. The highest BCUT2D eigenvalue weighted by Gasteiger charge is 2.15. The maximum Gasteiger partial charge on any atom is 0.203 e. The molecule has 1 N–H and O–H groups in total. The molecule has 0 aromatic carbocycles. The monoisotopic (exact) mass is 288 g/mol. The lowest BCUT2D eigenvalue weighted by atomic mass is 9.96. The lowest BCUT2D eigenvalue weighted by molar-refractivity contribution is 0.457. The summed E-state index contributed by atoms with van der Waals surface area (Å²) in [7, 11) is 0. The first-order valence-corrected chi connectivity index (χ1v) is 7.96. The topological polar surface area (TPSA) is 60.6 Å². The van der Waals surface area contributed by atoms with Crippen molar-refractivity contribution in [1.82, 2.24) is 24.5 Å². The fourth-order valence-electron chi connectivity index (χ4n) is 3.02. The fourth-order valence-corrected chi connectivity index (χ4v) is 3.02. The molecule has 2 aromatic heterocycles. The van der Waals surface area contributed by atoms with Gasteiger partial charge in [0.1, 0.15) is 0 Å². The number of imidazole rings is 1. The summed E-state index contributed by atoms with van der Waals surface area (Å²) in [5.74, 6) is 1.03. The van der Waals surface area contributed by atoms with Gasteiger partial charge in [0, 0.05) is 31.5 Å². The summed E-state index contributed by atoms with van der Waals surface area (Å²) in [6.07, 6.45) is 13.4. The van der Waals surface area contributed by atoms with Gasteiger partial charge in [-0.15, -0.1) is 5.10 Å². The van der Waals surface area contributed by atoms with Gasteiger partial charge in [-0.25, -0.2) is 4.98 Å². The average molecular weight is 288 g/mol. The van der Waals surface area contributed by atoms with E-state index in [1.807, 2.05) is 10.9 Å². The second-order valence-corrected chi connectivity index (χ2v) is 5.90. The Hall–Kier alpha value is -1.85. The van der Waals surface area contributed by atoms with E-state index in [-0.39, 0.29) is 0 Å². The fraction of sp³-hybridized carbons (Fsp3) is 0.667. The Labute approximate surface area is 125 Å². The molecule has 2 aromatic rings. The van der Waals surface area contributed by atoms with Gasteiger partial charge >= 0.3 is 0 Å². The van der Waals surface area contributed by atoms with Crippen molar-refractivity contribution in [3.63, 3.8) is 0 Å². The Kier molecular flexibility index (Phi) is 4.52. The number of anilines is 1. The van der Waals surface area contributed by atoms with Gasteiger partial charge in [0.15, 0.2) is 0 Å². The number of aryl methyl sites for hydroxylation is 3. The number of aromatic nitrogens is 5. The first kappa shape index (κ1) is 14.1. The molecule has 1 fully saturated rings. The van der Waals surface area contributed by atoms with Crippen molar-refractivity contribution in [3.8, 4) is 0 Å². The summed E-state index contributed by atoms with van der Waals surface area (Å²) in [6.45, 7) is 3.90. The molecular weight excluding hydrogens is 264 g/mol. The second kappa shape index (κ2) is 6.74. The molecule has 0 saturated heterocycles. The van der Waals surface area contributed by atoms with E-state index in [0.29, 0.717) is 6.04 Å². The standard InChI is InChI=1S/C15H24N6/c1-13-12-20(9-5-10-21-11-8-16-19-21)15(17-13)18-14-6-3-2-4-7-14/h8,11-12,14H,2-7,9-10H2,1H3,(H,17,18). The zero-order valence-electron chi connectivity index (χ0n) is 12.7. The summed E-state index contributed by atoms with van der Waals surface area (Å²) in [5.41, 5.74) is 1.08. The molecule has 3 rings (SSSR count). The minimum absolute atomic E-state index is 0.592. The quantitative estimate of drug-likeness (QED) is 0.887. The van der Waals surface area contributed by atoms with Gasteiger partial charge in [-0.1, -0.05) is 24.5 Å². The molecule has 0 bridgehead atoms. The maximum absolute atomic E-state index is 4.64. The average Bonchev–Trinajstić information content (AvgIpc) is 3.11. The molecule has 6 nitrogen and oxygen atoms in total. The molecule has 21 heavy (non-hydrogen) atoms. The van der Waals surface area contributed by atoms with Gasteiger partial charge < -0.3 is 9.88 Å². The van der Waals surface area contributed by atoms with Gasteiger partial charge in [0.2, 0.25) is 5.95 Å². The van der Waals surface area contributed by atoms with Gasteiger partial charge in [-0.05, 0) is 26.2 Å². The Morgan fingerprint density at radius 2 is 2.10 bits per heavy atom. The van der Waals surface area contributed by atoms with Crippen LogP contribution < -0.4 is 5.32 Å². The van der Waals surface area contributed by atoms with E-state index in [4.69, 9.17) is 0 Å². The van der Waals surface area contributed by atoms with Crippen molar-refractivity contribution in [3.05, 3.63) is 24.3 Å². The van der Waals surface area contributed by atoms with Crippen LogP contribution >= 0.6 is 0 Å². The van der Waals surface area contributed by atoms with E-state index >= 15 is 0 Å². The minimum atomic E-state index is 0.592. The number of nitrogens with zero attached hydrogens (tertiary/aromatic N) is 5. The molecule has 0 aliphatic heterocycles. The zero-order valence-corrected chi connectivity index (χ0v) is 12.7. The molecule has 2 heterocycles. The third kappa shape index (κ3) is 3.83. The predicted molar refractivity (Wildman–Crippen MR) is 82.1 cm³/mol. The van der Waals surface area contributed by atoms with Crippen LogP contribution in [0.1, 0.15) is 44.2 Å². The van der Waals surface area contributed by atoms with E-state index in [1.54, 1.807) is 6.20 Å². The van der Waals surface area contributed by atoms with Crippen molar-refractivity contribution in [2.45, 2.75) is 64.6 Å². The molecule has 1 saturated carbocycles. The molecule has 114 valence electrons. The Balaban J connectivity index is 1.56. The van der Waals surface area contributed by atoms with Crippen molar-refractivity contribution >= 4 is 5.95 Å². The van der Waals surface area contributed by atoms with Crippen LogP contribution in [-0.2, 0) is 13.1 Å². The van der Waals surface area contributed by atoms with Crippen LogP contribution in [0.15, 0.2) is 18.6 Å². The van der Waals surface area contributed by atoms with Crippen LogP contribution in [0.5, 0.6) is 0 Å². The zero-order chi connectivity index (χ0) is 14.5. The van der Waals surface area contributed by atoms with Crippen LogP contribution in [-0.4, -0.2) is 30.6 Å². The highest BCUT2D eigenvalue weighted by molar-refractivity contribution is 5.30. The van der Waals surface area contributed by atoms with Gasteiger partial charge in [0.05, 0.1) is 11.9 Å². The molecular formula is C15H24N6. The number of nitrogens with one attached hydrogen (secondary N) is 1. The van der Waals surface area contributed by atoms with Gasteiger partial charge in [-0.3, -0.25) is 4.68 Å². The van der Waals surface area contributed by atoms with Gasteiger partial charge in [-0.2, -0.15) is 0 Å². The van der Waals surface area contributed by atoms with E-state index in [9.17, 15) is 0 Å².